The Kier molecular flexibility index (Phi) is 6.80. The van der Waals surface area contributed by atoms with Gasteiger partial charge in [0.2, 0.25) is 5.89 Å². The molecule has 2 aliphatic heterocycles. The van der Waals surface area contributed by atoms with Crippen LogP contribution >= 0.6 is 0 Å². The molecule has 0 spiro atoms. The Morgan fingerprint density at radius 1 is 0.838 bits per heavy atom. The van der Waals surface area contributed by atoms with Crippen LogP contribution in [0.25, 0.3) is 22.4 Å². The third kappa shape index (κ3) is 5.19. The molecule has 1 aromatic heterocycles. The van der Waals surface area contributed by atoms with Crippen LogP contribution in [0, 0.1) is 6.92 Å². The molecule has 7 nitrogen and oxygen atoms in total. The summed E-state index contributed by atoms with van der Waals surface area (Å²) in [6, 6.07) is 22.3. The molecule has 0 saturated carbocycles. The highest BCUT2D eigenvalue weighted by Crippen LogP contribution is 2.37. The smallest absolute Gasteiger partial charge is 0.233 e. The third-order valence-electron chi connectivity index (χ3n) is 6.75. The Morgan fingerprint density at radius 2 is 1.65 bits per heavy atom. The van der Waals surface area contributed by atoms with Gasteiger partial charge in [-0.3, -0.25) is 4.90 Å². The molecule has 190 valence electrons. The summed E-state index contributed by atoms with van der Waals surface area (Å²) in [5, 5.41) is 0. The fraction of sp³-hybridized carbons (Fsp3) is 0.300. The van der Waals surface area contributed by atoms with E-state index in [1.807, 2.05) is 42.5 Å². The summed E-state index contributed by atoms with van der Waals surface area (Å²) in [4.78, 5) is 7.17. The van der Waals surface area contributed by atoms with Crippen LogP contribution in [0.2, 0.25) is 0 Å². The summed E-state index contributed by atoms with van der Waals surface area (Å²) in [6.45, 7) is 7.39. The Morgan fingerprint density at radius 3 is 2.49 bits per heavy atom. The summed E-state index contributed by atoms with van der Waals surface area (Å²) in [5.41, 5.74) is 5.09. The quantitative estimate of drug-likeness (QED) is 0.333. The van der Waals surface area contributed by atoms with Gasteiger partial charge in [-0.25, -0.2) is 4.98 Å². The van der Waals surface area contributed by atoms with Crippen LogP contribution in [-0.4, -0.2) is 49.4 Å². The van der Waals surface area contributed by atoms with E-state index < -0.39 is 0 Å². The van der Waals surface area contributed by atoms with E-state index in [-0.39, 0.29) is 6.61 Å². The molecule has 37 heavy (non-hydrogen) atoms. The van der Waals surface area contributed by atoms with Crippen LogP contribution in [0.3, 0.4) is 0 Å². The van der Waals surface area contributed by atoms with Crippen molar-refractivity contribution in [1.82, 2.24) is 9.88 Å². The lowest BCUT2D eigenvalue weighted by atomic mass is 9.99. The molecule has 0 aliphatic carbocycles. The molecule has 2 aliphatic rings. The van der Waals surface area contributed by atoms with Gasteiger partial charge in [-0.15, -0.1) is 0 Å². The molecule has 0 amide bonds. The first kappa shape index (κ1) is 23.6. The number of oxazole rings is 1. The molecule has 0 N–H and O–H groups in total. The normalized spacial score (nSPS) is 15.5. The Hall–Kier alpha value is -3.81. The monoisotopic (exact) mass is 498 g/mol. The molecule has 0 atom stereocenters. The Balaban J connectivity index is 1.23. The number of hydrogen-bond acceptors (Lipinski definition) is 7. The fourth-order valence-corrected chi connectivity index (χ4v) is 4.79. The zero-order chi connectivity index (χ0) is 25.0. The highest BCUT2D eigenvalue weighted by molar-refractivity contribution is 5.72. The second-order valence-electron chi connectivity index (χ2n) is 9.21. The molecule has 0 bridgehead atoms. The van der Waals surface area contributed by atoms with E-state index in [1.165, 1.54) is 0 Å². The second-order valence-corrected chi connectivity index (χ2v) is 9.21. The second kappa shape index (κ2) is 10.7. The van der Waals surface area contributed by atoms with Crippen molar-refractivity contribution < 1.29 is 23.4 Å². The topological polar surface area (TPSA) is 66.2 Å². The first-order valence-corrected chi connectivity index (χ1v) is 12.7. The summed E-state index contributed by atoms with van der Waals surface area (Å²) < 4.78 is 29.5. The lowest BCUT2D eigenvalue weighted by Gasteiger charge is -2.25. The van der Waals surface area contributed by atoms with Crippen LogP contribution in [0.5, 0.6) is 17.2 Å². The van der Waals surface area contributed by atoms with Gasteiger partial charge in [0.05, 0.1) is 19.8 Å². The predicted octanol–water partition coefficient (Wildman–Crippen LogP) is 5.50. The van der Waals surface area contributed by atoms with Crippen molar-refractivity contribution in [3.63, 3.8) is 0 Å². The van der Waals surface area contributed by atoms with Gasteiger partial charge in [-0.2, -0.15) is 0 Å². The minimum absolute atomic E-state index is 0.244. The number of nitrogens with zero attached hydrogens (tertiary/aromatic N) is 2. The zero-order valence-corrected chi connectivity index (χ0v) is 20.9. The molecular formula is C30H30N2O5. The maximum atomic E-state index is 6.26. The van der Waals surface area contributed by atoms with E-state index >= 15 is 0 Å². The summed E-state index contributed by atoms with van der Waals surface area (Å²) in [7, 11) is 0. The predicted molar refractivity (Wildman–Crippen MR) is 140 cm³/mol. The van der Waals surface area contributed by atoms with Crippen molar-refractivity contribution in [3.8, 4) is 39.6 Å². The molecule has 7 heteroatoms. The number of morpholine rings is 1. The maximum Gasteiger partial charge on any atom is 0.233 e. The lowest BCUT2D eigenvalue weighted by molar-refractivity contribution is 0.0311. The largest absolute Gasteiger partial charge is 0.486 e. The number of rotatable bonds is 7. The molecule has 0 radical (unpaired) electrons. The minimum atomic E-state index is 0.244. The van der Waals surface area contributed by atoms with Crippen molar-refractivity contribution in [2.45, 2.75) is 20.1 Å². The minimum Gasteiger partial charge on any atom is -0.486 e. The lowest BCUT2D eigenvalue weighted by Crippen LogP contribution is -2.35. The van der Waals surface area contributed by atoms with Gasteiger partial charge >= 0.3 is 0 Å². The molecule has 1 saturated heterocycles. The van der Waals surface area contributed by atoms with Crippen LogP contribution in [0.4, 0.5) is 0 Å². The van der Waals surface area contributed by atoms with E-state index in [0.29, 0.717) is 25.6 Å². The highest BCUT2D eigenvalue weighted by Gasteiger charge is 2.20. The number of ether oxygens (including phenoxy) is 4. The number of fused-ring (bicyclic) bond motifs is 1. The van der Waals surface area contributed by atoms with Crippen LogP contribution < -0.4 is 14.2 Å². The first-order valence-electron chi connectivity index (χ1n) is 12.7. The molecule has 6 rings (SSSR count). The van der Waals surface area contributed by atoms with E-state index in [1.54, 1.807) is 0 Å². The molecule has 0 unspecified atom stereocenters. The maximum absolute atomic E-state index is 6.26. The summed E-state index contributed by atoms with van der Waals surface area (Å²) in [5.74, 6) is 3.77. The van der Waals surface area contributed by atoms with E-state index in [9.17, 15) is 0 Å². The van der Waals surface area contributed by atoms with Gasteiger partial charge in [-0.05, 0) is 41.8 Å². The average molecular weight is 499 g/mol. The van der Waals surface area contributed by atoms with E-state index in [0.717, 1.165) is 77.3 Å². The standard InChI is InChI=1S/C30H30N2O5/c1-21-24(23-10-11-26-27(18-23)35-17-16-34-26)8-5-9-25(21)36-20-29-31-30(22-6-3-2-4-7-22)28(37-29)19-32-12-14-33-15-13-32/h2-11,18H,12-17,19-20H2,1H3. The summed E-state index contributed by atoms with van der Waals surface area (Å²) >= 11 is 0. The van der Waals surface area contributed by atoms with Gasteiger partial charge in [-0.1, -0.05) is 48.5 Å². The number of benzene rings is 3. The Bertz CT molecular complexity index is 1360. The van der Waals surface area contributed by atoms with Gasteiger partial charge in [0.25, 0.3) is 0 Å². The van der Waals surface area contributed by atoms with Crippen molar-refractivity contribution >= 4 is 0 Å². The fourth-order valence-electron chi connectivity index (χ4n) is 4.79. The highest BCUT2D eigenvalue weighted by atomic mass is 16.6. The molecular weight excluding hydrogens is 468 g/mol. The Labute approximate surface area is 216 Å². The van der Waals surface area contributed by atoms with Crippen molar-refractivity contribution in [2.24, 2.45) is 0 Å². The molecule has 3 aromatic carbocycles. The SMILES string of the molecule is Cc1c(OCc2nc(-c3ccccc3)c(CN3CCOCC3)o2)cccc1-c1ccc2c(c1)OCCO2. The van der Waals surface area contributed by atoms with Gasteiger partial charge in [0, 0.05) is 18.7 Å². The summed E-state index contributed by atoms with van der Waals surface area (Å²) in [6.07, 6.45) is 0. The van der Waals surface area contributed by atoms with Crippen LogP contribution in [0.15, 0.2) is 71.1 Å². The van der Waals surface area contributed by atoms with Gasteiger partial charge < -0.3 is 23.4 Å². The first-order chi connectivity index (χ1) is 18.2. The molecule has 3 heterocycles. The third-order valence-corrected chi connectivity index (χ3v) is 6.75. The number of aromatic nitrogens is 1. The molecule has 1 fully saturated rings. The van der Waals surface area contributed by atoms with Crippen molar-refractivity contribution in [1.29, 1.82) is 0 Å². The van der Waals surface area contributed by atoms with Crippen molar-refractivity contribution in [3.05, 3.63) is 83.9 Å². The average Bonchev–Trinajstić information content (AvgIpc) is 3.35. The number of hydrogen-bond donors (Lipinski definition) is 0. The zero-order valence-electron chi connectivity index (χ0n) is 20.9. The van der Waals surface area contributed by atoms with Gasteiger partial charge in [0.15, 0.2) is 18.1 Å². The van der Waals surface area contributed by atoms with E-state index in [4.69, 9.17) is 28.3 Å². The van der Waals surface area contributed by atoms with E-state index in [2.05, 4.69) is 36.1 Å². The van der Waals surface area contributed by atoms with Crippen molar-refractivity contribution in [2.75, 3.05) is 39.5 Å². The molecule has 4 aromatic rings. The van der Waals surface area contributed by atoms with Crippen LogP contribution in [0.1, 0.15) is 17.2 Å². The van der Waals surface area contributed by atoms with Crippen LogP contribution in [-0.2, 0) is 17.9 Å². The van der Waals surface area contributed by atoms with Gasteiger partial charge in [0.1, 0.15) is 30.4 Å².